The number of hydrogen-bond acceptors (Lipinski definition) is 2. The first-order valence-corrected chi connectivity index (χ1v) is 8.81. The molecule has 0 aliphatic carbocycles. The van der Waals surface area contributed by atoms with Crippen molar-refractivity contribution in [1.82, 2.24) is 5.32 Å². The zero-order valence-corrected chi connectivity index (χ0v) is 14.7. The fourth-order valence-electron chi connectivity index (χ4n) is 2.74. The van der Waals surface area contributed by atoms with E-state index < -0.39 is 0 Å². The summed E-state index contributed by atoms with van der Waals surface area (Å²) >= 11 is 7.74. The molecule has 0 amide bonds. The molecular formula is C18H24ClNS. The van der Waals surface area contributed by atoms with Gasteiger partial charge in [0.1, 0.15) is 0 Å². The maximum absolute atomic E-state index is 6.05. The monoisotopic (exact) mass is 321 g/mol. The molecule has 0 aliphatic heterocycles. The highest BCUT2D eigenvalue weighted by atomic mass is 35.5. The molecule has 1 aromatic heterocycles. The molecule has 0 aliphatic rings. The lowest BCUT2D eigenvalue weighted by Gasteiger charge is -2.18. The molecule has 1 nitrogen and oxygen atoms in total. The van der Waals surface area contributed by atoms with E-state index in [4.69, 9.17) is 11.6 Å². The third kappa shape index (κ3) is 5.46. The normalized spacial score (nSPS) is 12.6. The van der Waals surface area contributed by atoms with E-state index in [0.29, 0.717) is 6.04 Å². The van der Waals surface area contributed by atoms with Crippen molar-refractivity contribution in [1.29, 1.82) is 0 Å². The van der Waals surface area contributed by atoms with E-state index in [-0.39, 0.29) is 0 Å². The average molecular weight is 322 g/mol. The summed E-state index contributed by atoms with van der Waals surface area (Å²) in [5.74, 6) is 0. The summed E-state index contributed by atoms with van der Waals surface area (Å²) in [6.07, 6.45) is 3.27. The van der Waals surface area contributed by atoms with Gasteiger partial charge >= 0.3 is 0 Å². The molecule has 0 saturated heterocycles. The quantitative estimate of drug-likeness (QED) is 0.741. The number of hydrogen-bond donors (Lipinski definition) is 1. The van der Waals surface area contributed by atoms with Crippen LogP contribution in [-0.4, -0.2) is 12.6 Å². The van der Waals surface area contributed by atoms with Crippen LogP contribution in [0.2, 0.25) is 4.34 Å². The minimum absolute atomic E-state index is 0.473. The smallest absolute Gasteiger partial charge is 0.0931 e. The maximum Gasteiger partial charge on any atom is 0.0931 e. The van der Waals surface area contributed by atoms with Gasteiger partial charge in [-0.2, -0.15) is 0 Å². The Bertz CT molecular complexity index is 556. The molecule has 2 rings (SSSR count). The van der Waals surface area contributed by atoms with Crippen LogP contribution in [0.5, 0.6) is 0 Å². The van der Waals surface area contributed by atoms with Crippen molar-refractivity contribution in [2.45, 2.75) is 46.1 Å². The highest BCUT2D eigenvalue weighted by Gasteiger charge is 2.12. The van der Waals surface area contributed by atoms with Crippen LogP contribution in [0.1, 0.15) is 34.9 Å². The fraction of sp³-hybridized carbons (Fsp3) is 0.444. The third-order valence-corrected chi connectivity index (χ3v) is 4.78. The second-order valence-corrected chi connectivity index (χ2v) is 7.56. The molecule has 1 N–H and O–H groups in total. The molecule has 1 unspecified atom stereocenters. The van der Waals surface area contributed by atoms with Gasteiger partial charge in [-0.1, -0.05) is 47.9 Å². The number of nitrogens with one attached hydrogen (secondary N) is 1. The molecule has 1 aromatic carbocycles. The van der Waals surface area contributed by atoms with Gasteiger partial charge in [0.25, 0.3) is 0 Å². The number of benzene rings is 1. The molecule has 1 atom stereocenters. The van der Waals surface area contributed by atoms with E-state index >= 15 is 0 Å². The van der Waals surface area contributed by atoms with Gasteiger partial charge in [0.05, 0.1) is 4.34 Å². The Balaban J connectivity index is 2.07. The van der Waals surface area contributed by atoms with Crippen molar-refractivity contribution in [3.05, 3.63) is 56.2 Å². The molecule has 1 heterocycles. The van der Waals surface area contributed by atoms with Crippen LogP contribution in [-0.2, 0) is 12.8 Å². The zero-order valence-electron chi connectivity index (χ0n) is 13.1. The summed E-state index contributed by atoms with van der Waals surface area (Å²) in [5.41, 5.74) is 4.11. The van der Waals surface area contributed by atoms with Gasteiger partial charge < -0.3 is 5.32 Å². The van der Waals surface area contributed by atoms with Gasteiger partial charge in [-0.15, -0.1) is 11.3 Å². The predicted molar refractivity (Wildman–Crippen MR) is 94.7 cm³/mol. The molecule has 2 aromatic rings. The van der Waals surface area contributed by atoms with Crippen LogP contribution in [0.3, 0.4) is 0 Å². The Morgan fingerprint density at radius 2 is 1.81 bits per heavy atom. The second-order valence-electron chi connectivity index (χ2n) is 5.76. The van der Waals surface area contributed by atoms with E-state index in [9.17, 15) is 0 Å². The van der Waals surface area contributed by atoms with E-state index in [0.717, 1.165) is 30.1 Å². The molecule has 3 heteroatoms. The number of aryl methyl sites for hydroxylation is 2. The van der Waals surface area contributed by atoms with Crippen molar-refractivity contribution in [3.63, 3.8) is 0 Å². The highest BCUT2D eigenvalue weighted by molar-refractivity contribution is 7.16. The summed E-state index contributed by atoms with van der Waals surface area (Å²) in [5, 5.41) is 3.68. The first-order valence-electron chi connectivity index (χ1n) is 7.61. The van der Waals surface area contributed by atoms with E-state index in [1.165, 1.54) is 21.6 Å². The summed E-state index contributed by atoms with van der Waals surface area (Å²) in [6, 6.07) is 11.5. The minimum atomic E-state index is 0.473. The Morgan fingerprint density at radius 1 is 1.10 bits per heavy atom. The van der Waals surface area contributed by atoms with Crippen LogP contribution in [0.25, 0.3) is 0 Å². The first-order chi connectivity index (χ1) is 10.1. The largest absolute Gasteiger partial charge is 0.313 e. The number of halogens is 1. The third-order valence-electron chi connectivity index (χ3n) is 3.52. The van der Waals surface area contributed by atoms with Crippen molar-refractivity contribution in [2.75, 3.05) is 6.54 Å². The fourth-order valence-corrected chi connectivity index (χ4v) is 3.91. The van der Waals surface area contributed by atoms with Crippen molar-refractivity contribution >= 4 is 22.9 Å². The summed E-state index contributed by atoms with van der Waals surface area (Å²) in [4.78, 5) is 1.36. The van der Waals surface area contributed by atoms with Gasteiger partial charge in [0.2, 0.25) is 0 Å². The summed E-state index contributed by atoms with van der Waals surface area (Å²) in [6.45, 7) is 7.62. The maximum atomic E-state index is 6.05. The van der Waals surface area contributed by atoms with E-state index in [1.807, 2.05) is 6.07 Å². The Hall–Kier alpha value is -0.830. The first kappa shape index (κ1) is 16.5. The van der Waals surface area contributed by atoms with Crippen LogP contribution in [0.4, 0.5) is 0 Å². The number of rotatable bonds is 7. The molecule has 0 bridgehead atoms. The molecule has 0 saturated carbocycles. The number of thiophene rings is 1. The lowest BCUT2D eigenvalue weighted by molar-refractivity contribution is 0.507. The van der Waals surface area contributed by atoms with Crippen LogP contribution in [0, 0.1) is 13.8 Å². The van der Waals surface area contributed by atoms with Crippen LogP contribution >= 0.6 is 22.9 Å². The Labute approximate surface area is 137 Å². The lowest BCUT2D eigenvalue weighted by atomic mass is 9.99. The summed E-state index contributed by atoms with van der Waals surface area (Å²) in [7, 11) is 0. The topological polar surface area (TPSA) is 12.0 Å². The van der Waals surface area contributed by atoms with Gasteiger partial charge in [0, 0.05) is 10.9 Å². The van der Waals surface area contributed by atoms with Crippen molar-refractivity contribution in [3.8, 4) is 0 Å². The standard InChI is InChI=1S/C18H24ClNS/c1-4-7-20-16(12-17-5-6-18(19)21-17)11-15-9-13(2)8-14(3)10-15/h5-6,8-10,16,20H,4,7,11-12H2,1-3H3. The predicted octanol–water partition coefficient (Wildman–Crippen LogP) is 5.17. The van der Waals surface area contributed by atoms with E-state index in [2.05, 4.69) is 50.4 Å². The molecule has 0 radical (unpaired) electrons. The average Bonchev–Trinajstić information content (AvgIpc) is 2.80. The van der Waals surface area contributed by atoms with Crippen molar-refractivity contribution in [2.24, 2.45) is 0 Å². The zero-order chi connectivity index (χ0) is 15.2. The minimum Gasteiger partial charge on any atom is -0.313 e. The second kappa shape index (κ2) is 7.98. The van der Waals surface area contributed by atoms with Gasteiger partial charge in [-0.25, -0.2) is 0 Å². The highest BCUT2D eigenvalue weighted by Crippen LogP contribution is 2.23. The van der Waals surface area contributed by atoms with Crippen LogP contribution in [0.15, 0.2) is 30.3 Å². The molecule has 0 fully saturated rings. The Kier molecular flexibility index (Phi) is 6.28. The molecule has 21 heavy (non-hydrogen) atoms. The van der Waals surface area contributed by atoms with Gasteiger partial charge in [0.15, 0.2) is 0 Å². The molecular weight excluding hydrogens is 298 g/mol. The van der Waals surface area contributed by atoms with Gasteiger partial charge in [-0.05, 0) is 57.4 Å². The SMILES string of the molecule is CCCNC(Cc1cc(C)cc(C)c1)Cc1ccc(Cl)s1. The van der Waals surface area contributed by atoms with E-state index in [1.54, 1.807) is 11.3 Å². The van der Waals surface area contributed by atoms with Gasteiger partial charge in [-0.3, -0.25) is 0 Å². The lowest BCUT2D eigenvalue weighted by Crippen LogP contribution is -2.33. The Morgan fingerprint density at radius 3 is 2.38 bits per heavy atom. The summed E-state index contributed by atoms with van der Waals surface area (Å²) < 4.78 is 0.880. The van der Waals surface area contributed by atoms with Crippen LogP contribution < -0.4 is 5.32 Å². The van der Waals surface area contributed by atoms with Crippen molar-refractivity contribution < 1.29 is 0 Å². The molecule has 0 spiro atoms. The molecule has 114 valence electrons.